The van der Waals surface area contributed by atoms with Crippen LogP contribution in [0.25, 0.3) is 0 Å². The maximum Gasteiger partial charge on any atom is 1.00 e. The van der Waals surface area contributed by atoms with Gasteiger partial charge in [-0.25, -0.2) is 0 Å². The van der Waals surface area contributed by atoms with Gasteiger partial charge in [-0.2, -0.15) is 0 Å². The number of carboxylic acids is 3. The molecule has 0 aromatic rings. The molecule has 0 aliphatic rings. The zero-order valence-corrected chi connectivity index (χ0v) is 10.5. The van der Waals surface area contributed by atoms with E-state index in [1.807, 2.05) is 0 Å². The zero-order valence-electron chi connectivity index (χ0n) is 8.47. The van der Waals surface area contributed by atoms with Crippen LogP contribution in [0.15, 0.2) is 0 Å². The SMILES string of the molecule is C[C@@H](C(=O)[O-])N(CC(=O)O)CC(=O)O.[Na+]. The minimum atomic E-state index is -1.51. The van der Waals surface area contributed by atoms with Crippen LogP contribution in [0, 0.1) is 0 Å². The fourth-order valence-electron chi connectivity index (χ4n) is 0.826. The second-order valence-corrected chi connectivity index (χ2v) is 2.69. The Bertz CT molecular complexity index is 240. The maximum atomic E-state index is 10.4. The van der Waals surface area contributed by atoms with Gasteiger partial charge in [-0.3, -0.25) is 14.5 Å². The number of nitrogens with zero attached hydrogens (tertiary/aromatic N) is 1. The van der Waals surface area contributed by atoms with Crippen molar-refractivity contribution in [1.29, 1.82) is 0 Å². The Kier molecular flexibility index (Phi) is 8.54. The molecule has 0 bridgehead atoms. The van der Waals surface area contributed by atoms with Gasteiger partial charge in [0, 0.05) is 6.04 Å². The summed E-state index contributed by atoms with van der Waals surface area (Å²) in [5, 5.41) is 27.1. The van der Waals surface area contributed by atoms with Crippen LogP contribution < -0.4 is 34.7 Å². The van der Waals surface area contributed by atoms with E-state index in [-0.39, 0.29) is 29.6 Å². The number of rotatable bonds is 6. The number of carboxylic acid groups (broad SMARTS) is 3. The molecular weight excluding hydrogens is 217 g/mol. The molecule has 0 aliphatic carbocycles. The van der Waals surface area contributed by atoms with Crippen molar-refractivity contribution in [2.75, 3.05) is 13.1 Å². The van der Waals surface area contributed by atoms with Crippen molar-refractivity contribution in [2.45, 2.75) is 13.0 Å². The Morgan fingerprint density at radius 2 is 1.53 bits per heavy atom. The standard InChI is InChI=1S/C7H11NO6.Na/c1-4(7(13)14)8(2-5(9)10)3-6(11)12;/h4H,2-3H2,1H3,(H,9,10)(H,11,12)(H,13,14);/q;+1/p-1/t4-;/m0./s1. The van der Waals surface area contributed by atoms with E-state index in [1.54, 1.807) is 0 Å². The predicted octanol–water partition coefficient (Wildman–Crippen LogP) is -5.40. The summed E-state index contributed by atoms with van der Waals surface area (Å²) in [5.41, 5.74) is 0. The molecule has 0 saturated carbocycles. The molecular formula is C7H10NNaO6. The molecule has 8 heteroatoms. The number of hydrogen-bond donors (Lipinski definition) is 2. The molecule has 0 fully saturated rings. The van der Waals surface area contributed by atoms with Gasteiger partial charge in [0.2, 0.25) is 0 Å². The molecule has 1 atom stereocenters. The van der Waals surface area contributed by atoms with Crippen LogP contribution in [0.2, 0.25) is 0 Å². The van der Waals surface area contributed by atoms with Crippen LogP contribution >= 0.6 is 0 Å². The number of carbonyl (C=O) groups excluding carboxylic acids is 1. The van der Waals surface area contributed by atoms with E-state index in [4.69, 9.17) is 10.2 Å². The molecule has 7 nitrogen and oxygen atoms in total. The van der Waals surface area contributed by atoms with E-state index in [2.05, 4.69) is 0 Å². The normalized spacial score (nSPS) is 11.6. The molecule has 0 heterocycles. The molecule has 80 valence electrons. The van der Waals surface area contributed by atoms with Gasteiger partial charge in [-0.1, -0.05) is 0 Å². The van der Waals surface area contributed by atoms with E-state index >= 15 is 0 Å². The van der Waals surface area contributed by atoms with Crippen LogP contribution in [-0.4, -0.2) is 52.2 Å². The summed E-state index contributed by atoms with van der Waals surface area (Å²) in [6, 6.07) is -1.25. The molecule has 0 amide bonds. The van der Waals surface area contributed by atoms with Crippen molar-refractivity contribution >= 4 is 17.9 Å². The van der Waals surface area contributed by atoms with Crippen LogP contribution in [0.5, 0.6) is 0 Å². The van der Waals surface area contributed by atoms with Crippen molar-refractivity contribution in [3.05, 3.63) is 0 Å². The first-order chi connectivity index (χ1) is 6.34. The Hall–Kier alpha value is -0.630. The van der Waals surface area contributed by atoms with E-state index in [0.717, 1.165) is 4.90 Å². The average Bonchev–Trinajstić information content (AvgIpc) is 1.99. The molecule has 0 aliphatic heterocycles. The van der Waals surface area contributed by atoms with Gasteiger partial charge in [0.05, 0.1) is 19.1 Å². The first-order valence-electron chi connectivity index (χ1n) is 3.73. The second-order valence-electron chi connectivity index (χ2n) is 2.69. The van der Waals surface area contributed by atoms with E-state index in [9.17, 15) is 19.5 Å². The van der Waals surface area contributed by atoms with Crippen molar-refractivity contribution in [2.24, 2.45) is 0 Å². The van der Waals surface area contributed by atoms with E-state index in [0.29, 0.717) is 0 Å². The quantitative estimate of drug-likeness (QED) is 0.435. The Morgan fingerprint density at radius 3 is 1.73 bits per heavy atom. The largest absolute Gasteiger partial charge is 1.00 e. The van der Waals surface area contributed by atoms with Gasteiger partial charge in [0.25, 0.3) is 0 Å². The molecule has 0 aromatic carbocycles. The topological polar surface area (TPSA) is 118 Å². The minimum Gasteiger partial charge on any atom is -0.548 e. The first-order valence-corrected chi connectivity index (χ1v) is 3.73. The Labute approximate surface area is 108 Å². The Balaban J connectivity index is 0. The zero-order chi connectivity index (χ0) is 11.3. The Morgan fingerprint density at radius 1 is 1.20 bits per heavy atom. The van der Waals surface area contributed by atoms with Crippen LogP contribution in [0.1, 0.15) is 6.92 Å². The molecule has 0 spiro atoms. The molecule has 0 unspecified atom stereocenters. The fraction of sp³-hybridized carbons (Fsp3) is 0.571. The van der Waals surface area contributed by atoms with E-state index < -0.39 is 37.0 Å². The molecule has 0 rings (SSSR count). The summed E-state index contributed by atoms with van der Waals surface area (Å²) in [6.07, 6.45) is 0. The fourth-order valence-corrected chi connectivity index (χ4v) is 0.826. The second kappa shape index (κ2) is 7.63. The van der Waals surface area contributed by atoms with Crippen LogP contribution in [-0.2, 0) is 14.4 Å². The average molecular weight is 227 g/mol. The van der Waals surface area contributed by atoms with Gasteiger partial charge in [0.15, 0.2) is 0 Å². The number of aliphatic carboxylic acids is 3. The van der Waals surface area contributed by atoms with Crippen molar-refractivity contribution in [3.8, 4) is 0 Å². The summed E-state index contributed by atoms with van der Waals surface area (Å²) in [5.74, 6) is -4.09. The third-order valence-electron chi connectivity index (χ3n) is 1.57. The summed E-state index contributed by atoms with van der Waals surface area (Å²) < 4.78 is 0. The molecule has 0 radical (unpaired) electrons. The van der Waals surface area contributed by atoms with Crippen molar-refractivity contribution in [1.82, 2.24) is 4.90 Å². The van der Waals surface area contributed by atoms with Gasteiger partial charge < -0.3 is 20.1 Å². The predicted molar refractivity (Wildman–Crippen MR) is 41.3 cm³/mol. The summed E-state index contributed by atoms with van der Waals surface area (Å²) in [7, 11) is 0. The van der Waals surface area contributed by atoms with Crippen molar-refractivity contribution < 1.29 is 59.3 Å². The summed E-state index contributed by atoms with van der Waals surface area (Å²) >= 11 is 0. The number of hydrogen-bond acceptors (Lipinski definition) is 5. The summed E-state index contributed by atoms with van der Waals surface area (Å²) in [6.45, 7) is -0.135. The number of carbonyl (C=O) groups is 3. The molecule has 0 aromatic heterocycles. The minimum absolute atomic E-state index is 0. The van der Waals surface area contributed by atoms with Gasteiger partial charge in [-0.05, 0) is 6.92 Å². The monoisotopic (exact) mass is 227 g/mol. The van der Waals surface area contributed by atoms with Gasteiger partial charge in [-0.15, -0.1) is 0 Å². The molecule has 15 heavy (non-hydrogen) atoms. The molecule has 0 saturated heterocycles. The van der Waals surface area contributed by atoms with Crippen LogP contribution in [0.3, 0.4) is 0 Å². The van der Waals surface area contributed by atoms with Crippen molar-refractivity contribution in [3.63, 3.8) is 0 Å². The third kappa shape index (κ3) is 7.32. The first kappa shape index (κ1) is 16.8. The van der Waals surface area contributed by atoms with Gasteiger partial charge in [0.1, 0.15) is 0 Å². The molecule has 2 N–H and O–H groups in total. The maximum absolute atomic E-state index is 10.4. The smallest absolute Gasteiger partial charge is 0.548 e. The van der Waals surface area contributed by atoms with Crippen LogP contribution in [0.4, 0.5) is 0 Å². The van der Waals surface area contributed by atoms with E-state index in [1.165, 1.54) is 6.92 Å². The third-order valence-corrected chi connectivity index (χ3v) is 1.57. The van der Waals surface area contributed by atoms with Gasteiger partial charge >= 0.3 is 41.5 Å². The summed E-state index contributed by atoms with van der Waals surface area (Å²) in [4.78, 5) is 31.7.